The van der Waals surface area contributed by atoms with Gasteiger partial charge in [0.05, 0.1) is 10.0 Å². The smallest absolute Gasteiger partial charge is 0.0640 e. The van der Waals surface area contributed by atoms with Gasteiger partial charge >= 0.3 is 0 Å². The van der Waals surface area contributed by atoms with Crippen LogP contribution in [0, 0.1) is 17.8 Å². The van der Waals surface area contributed by atoms with Crippen molar-refractivity contribution in [1.29, 1.82) is 0 Å². The molecule has 1 aromatic carbocycles. The number of nitrogens with two attached hydrogens (primary N) is 1. The molecule has 86 valence electrons. The minimum absolute atomic E-state index is 0.0546. The molecule has 3 rings (SSSR count). The molecule has 3 heteroatoms. The van der Waals surface area contributed by atoms with E-state index in [0.717, 1.165) is 17.4 Å². The predicted octanol–water partition coefficient (Wildman–Crippen LogP) is 4.04. The number of benzene rings is 1. The SMILES string of the molecule is NC(c1cccc(Cl)c1Cl)C1CC2CC2C1. The van der Waals surface area contributed by atoms with Crippen LogP contribution in [0.3, 0.4) is 0 Å². The first kappa shape index (κ1) is 10.9. The van der Waals surface area contributed by atoms with Gasteiger partial charge in [0.25, 0.3) is 0 Å². The Morgan fingerprint density at radius 3 is 2.50 bits per heavy atom. The molecule has 0 aromatic heterocycles. The van der Waals surface area contributed by atoms with Gasteiger partial charge in [-0.3, -0.25) is 0 Å². The summed E-state index contributed by atoms with van der Waals surface area (Å²) < 4.78 is 0. The predicted molar refractivity (Wildman–Crippen MR) is 67.7 cm³/mol. The fourth-order valence-electron chi connectivity index (χ4n) is 3.09. The maximum atomic E-state index is 6.31. The fourth-order valence-corrected chi connectivity index (χ4v) is 3.52. The Morgan fingerprint density at radius 1 is 1.12 bits per heavy atom. The van der Waals surface area contributed by atoms with Crippen LogP contribution >= 0.6 is 23.2 Å². The third kappa shape index (κ3) is 1.75. The molecule has 2 aliphatic carbocycles. The monoisotopic (exact) mass is 255 g/mol. The van der Waals surface area contributed by atoms with Crippen molar-refractivity contribution in [3.8, 4) is 0 Å². The van der Waals surface area contributed by atoms with Gasteiger partial charge in [0, 0.05) is 6.04 Å². The van der Waals surface area contributed by atoms with Gasteiger partial charge in [-0.05, 0) is 48.6 Å². The molecule has 0 aliphatic heterocycles. The Bertz CT molecular complexity index is 408. The first-order chi connectivity index (χ1) is 7.66. The minimum atomic E-state index is 0.0546. The van der Waals surface area contributed by atoms with Gasteiger partial charge in [-0.25, -0.2) is 0 Å². The van der Waals surface area contributed by atoms with Crippen LogP contribution in [0.5, 0.6) is 0 Å². The average molecular weight is 256 g/mol. The molecule has 0 spiro atoms. The number of hydrogen-bond donors (Lipinski definition) is 1. The summed E-state index contributed by atoms with van der Waals surface area (Å²) in [4.78, 5) is 0. The molecular formula is C13H15Cl2N. The second-order valence-electron chi connectivity index (χ2n) is 5.16. The maximum absolute atomic E-state index is 6.31. The van der Waals surface area contributed by atoms with E-state index < -0.39 is 0 Å². The zero-order chi connectivity index (χ0) is 11.3. The highest BCUT2D eigenvalue weighted by Crippen LogP contribution is 2.57. The van der Waals surface area contributed by atoms with E-state index in [9.17, 15) is 0 Å². The Hall–Kier alpha value is -0.240. The lowest BCUT2D eigenvalue weighted by molar-refractivity contribution is 0.404. The molecule has 3 atom stereocenters. The molecule has 1 nitrogen and oxygen atoms in total. The number of halogens is 2. The summed E-state index contributed by atoms with van der Waals surface area (Å²) in [6.45, 7) is 0. The highest BCUT2D eigenvalue weighted by Gasteiger charge is 2.47. The molecule has 16 heavy (non-hydrogen) atoms. The summed E-state index contributed by atoms with van der Waals surface area (Å²) in [5.41, 5.74) is 7.32. The van der Waals surface area contributed by atoms with Crippen molar-refractivity contribution in [2.24, 2.45) is 23.5 Å². The third-order valence-corrected chi connectivity index (χ3v) is 4.96. The van der Waals surface area contributed by atoms with Gasteiger partial charge in [0.2, 0.25) is 0 Å². The number of rotatable bonds is 2. The van der Waals surface area contributed by atoms with Gasteiger partial charge in [0.1, 0.15) is 0 Å². The highest BCUT2D eigenvalue weighted by atomic mass is 35.5. The van der Waals surface area contributed by atoms with Crippen molar-refractivity contribution >= 4 is 23.2 Å². The van der Waals surface area contributed by atoms with E-state index in [1.807, 2.05) is 18.2 Å². The van der Waals surface area contributed by atoms with Crippen LogP contribution in [0.15, 0.2) is 18.2 Å². The second kappa shape index (κ2) is 3.90. The van der Waals surface area contributed by atoms with Crippen LogP contribution in [0.2, 0.25) is 10.0 Å². The third-order valence-electron chi connectivity index (χ3n) is 4.13. The highest BCUT2D eigenvalue weighted by molar-refractivity contribution is 6.42. The molecule has 0 saturated heterocycles. The lowest BCUT2D eigenvalue weighted by Crippen LogP contribution is -2.20. The zero-order valence-corrected chi connectivity index (χ0v) is 10.5. The van der Waals surface area contributed by atoms with Crippen LogP contribution in [0.4, 0.5) is 0 Å². The Morgan fingerprint density at radius 2 is 1.81 bits per heavy atom. The summed E-state index contributed by atoms with van der Waals surface area (Å²) in [6, 6.07) is 5.80. The summed E-state index contributed by atoms with van der Waals surface area (Å²) in [5.74, 6) is 2.50. The summed E-state index contributed by atoms with van der Waals surface area (Å²) in [7, 11) is 0. The van der Waals surface area contributed by atoms with Crippen molar-refractivity contribution in [3.05, 3.63) is 33.8 Å². The zero-order valence-electron chi connectivity index (χ0n) is 9.00. The molecule has 2 fully saturated rings. The van der Waals surface area contributed by atoms with E-state index >= 15 is 0 Å². The summed E-state index contributed by atoms with van der Waals surface area (Å²) in [6.07, 6.45) is 3.97. The van der Waals surface area contributed by atoms with Crippen molar-refractivity contribution in [2.75, 3.05) is 0 Å². The van der Waals surface area contributed by atoms with Crippen molar-refractivity contribution in [3.63, 3.8) is 0 Å². The minimum Gasteiger partial charge on any atom is -0.324 e. The molecule has 2 aliphatic rings. The first-order valence-electron chi connectivity index (χ1n) is 5.86. The number of fused-ring (bicyclic) bond motifs is 1. The van der Waals surface area contributed by atoms with Crippen molar-refractivity contribution in [2.45, 2.75) is 25.3 Å². The topological polar surface area (TPSA) is 26.0 Å². The van der Waals surface area contributed by atoms with Gasteiger partial charge < -0.3 is 5.73 Å². The van der Waals surface area contributed by atoms with Crippen molar-refractivity contribution in [1.82, 2.24) is 0 Å². The largest absolute Gasteiger partial charge is 0.324 e. The molecule has 0 amide bonds. The fraction of sp³-hybridized carbons (Fsp3) is 0.538. The molecule has 2 N–H and O–H groups in total. The first-order valence-corrected chi connectivity index (χ1v) is 6.62. The van der Waals surface area contributed by atoms with E-state index in [1.165, 1.54) is 19.3 Å². The van der Waals surface area contributed by atoms with Crippen molar-refractivity contribution < 1.29 is 0 Å². The van der Waals surface area contributed by atoms with E-state index in [-0.39, 0.29) is 6.04 Å². The van der Waals surface area contributed by atoms with Crippen LogP contribution in [0.25, 0.3) is 0 Å². The molecule has 0 heterocycles. The second-order valence-corrected chi connectivity index (χ2v) is 5.94. The van der Waals surface area contributed by atoms with E-state index in [0.29, 0.717) is 16.0 Å². The van der Waals surface area contributed by atoms with Gasteiger partial charge in [0.15, 0.2) is 0 Å². The lowest BCUT2D eigenvalue weighted by atomic mass is 9.90. The molecule has 0 bridgehead atoms. The van der Waals surface area contributed by atoms with Gasteiger partial charge in [-0.15, -0.1) is 0 Å². The number of hydrogen-bond acceptors (Lipinski definition) is 1. The van der Waals surface area contributed by atoms with Crippen LogP contribution in [-0.4, -0.2) is 0 Å². The Labute approximate surface area is 106 Å². The molecule has 1 aromatic rings. The standard InChI is InChI=1S/C13H15Cl2N/c14-11-3-1-2-10(12(11)15)13(16)9-5-7-4-8(7)6-9/h1-3,7-9,13H,4-6,16H2. The van der Waals surface area contributed by atoms with E-state index in [2.05, 4.69) is 0 Å². The Balaban J connectivity index is 1.83. The van der Waals surface area contributed by atoms with Crippen LogP contribution in [0.1, 0.15) is 30.9 Å². The Kier molecular flexibility index (Phi) is 2.66. The molecule has 2 saturated carbocycles. The van der Waals surface area contributed by atoms with Gasteiger partial charge in [-0.2, -0.15) is 0 Å². The van der Waals surface area contributed by atoms with Crippen LogP contribution < -0.4 is 5.73 Å². The maximum Gasteiger partial charge on any atom is 0.0640 e. The van der Waals surface area contributed by atoms with Crippen LogP contribution in [-0.2, 0) is 0 Å². The quantitative estimate of drug-likeness (QED) is 0.849. The summed E-state index contributed by atoms with van der Waals surface area (Å²) in [5, 5.41) is 1.25. The summed E-state index contributed by atoms with van der Waals surface area (Å²) >= 11 is 12.2. The van der Waals surface area contributed by atoms with E-state index in [1.54, 1.807) is 0 Å². The normalized spacial score (nSPS) is 33.6. The molecule has 3 unspecified atom stereocenters. The van der Waals surface area contributed by atoms with Gasteiger partial charge in [-0.1, -0.05) is 35.3 Å². The van der Waals surface area contributed by atoms with E-state index in [4.69, 9.17) is 28.9 Å². The lowest BCUT2D eigenvalue weighted by Gasteiger charge is -2.22. The molecular weight excluding hydrogens is 241 g/mol. The average Bonchev–Trinajstić information content (AvgIpc) is 2.89. The molecule has 0 radical (unpaired) electrons.